The number of halogens is 1. The normalized spacial score (nSPS) is 20.4. The number of anilines is 2. The summed E-state index contributed by atoms with van der Waals surface area (Å²) in [6, 6.07) is 3.09. The van der Waals surface area contributed by atoms with Crippen molar-refractivity contribution in [2.24, 2.45) is 0 Å². The molecule has 0 saturated heterocycles. The van der Waals surface area contributed by atoms with Gasteiger partial charge in [-0.15, -0.1) is 0 Å². The van der Waals surface area contributed by atoms with Crippen molar-refractivity contribution >= 4 is 35.1 Å². The third-order valence-corrected chi connectivity index (χ3v) is 5.93. The Morgan fingerprint density at radius 2 is 1.78 bits per heavy atom. The lowest BCUT2D eigenvalue weighted by Gasteiger charge is -2.20. The van der Waals surface area contributed by atoms with Crippen LogP contribution in [-0.2, 0) is 15.3 Å². The highest BCUT2D eigenvalue weighted by Crippen LogP contribution is 2.46. The Hall–Kier alpha value is -1.82. The largest absolute Gasteiger partial charge is 0.316 e. The van der Waals surface area contributed by atoms with Gasteiger partial charge in [0.2, 0.25) is 0 Å². The Kier molecular flexibility index (Phi) is 3.44. The highest BCUT2D eigenvalue weighted by Gasteiger charge is 2.42. The lowest BCUT2D eigenvalue weighted by molar-refractivity contribution is -0.120. The van der Waals surface area contributed by atoms with Gasteiger partial charge < -0.3 is 4.31 Å². The van der Waals surface area contributed by atoms with E-state index < -0.39 is 5.82 Å². The van der Waals surface area contributed by atoms with E-state index in [1.54, 1.807) is 18.0 Å². The van der Waals surface area contributed by atoms with Crippen molar-refractivity contribution in [1.29, 1.82) is 0 Å². The van der Waals surface area contributed by atoms with Crippen molar-refractivity contribution in [2.75, 3.05) is 15.7 Å². The maximum absolute atomic E-state index is 14.6. The summed E-state index contributed by atoms with van der Waals surface area (Å²) in [5.74, 6) is -0.560. The van der Waals surface area contributed by atoms with Gasteiger partial charge in [0.1, 0.15) is 5.82 Å². The predicted molar refractivity (Wildman–Crippen MR) is 88.7 cm³/mol. The molecule has 2 amide bonds. The number of benzene rings is 1. The monoisotopic (exact) mass is 332 g/mol. The summed E-state index contributed by atoms with van der Waals surface area (Å²) in [6.45, 7) is 2.82. The molecular formula is C17H17FN2O2S. The fraction of sp³-hybridized carbons (Fsp3) is 0.412. The minimum atomic E-state index is -0.496. The number of hydrogen-bond acceptors (Lipinski definition) is 4. The topological polar surface area (TPSA) is 40.6 Å². The molecule has 0 bridgehead atoms. The summed E-state index contributed by atoms with van der Waals surface area (Å²) in [4.78, 5) is 26.5. The molecule has 0 N–H and O–H groups in total. The second kappa shape index (κ2) is 5.37. The summed E-state index contributed by atoms with van der Waals surface area (Å²) >= 11 is 1.58. The molecule has 3 aliphatic rings. The Morgan fingerprint density at radius 1 is 1.13 bits per heavy atom. The van der Waals surface area contributed by atoms with Gasteiger partial charge in [-0.1, -0.05) is 0 Å². The summed E-state index contributed by atoms with van der Waals surface area (Å²) in [7, 11) is 0. The van der Waals surface area contributed by atoms with Crippen molar-refractivity contribution in [1.82, 2.24) is 0 Å². The standard InChI is InChI=1S/C17H17FN2O2S/c1-2-19-14-8-7-13(18)15(12(14)9-23-19)20-16(21)10-5-3-4-6-11(10)17(20)22/h7-8H,2-6,9H2,1H3. The van der Waals surface area contributed by atoms with E-state index in [1.165, 1.54) is 6.07 Å². The SMILES string of the molecule is CCN1SCc2c1ccc(F)c2N1C(=O)C2=C(CCCC2)C1=O. The number of hydrogen-bond donors (Lipinski definition) is 0. The molecule has 2 aliphatic heterocycles. The Bertz CT molecular complexity index is 731. The first kappa shape index (κ1) is 14.8. The molecule has 0 radical (unpaired) electrons. The molecule has 0 saturated carbocycles. The maximum Gasteiger partial charge on any atom is 0.261 e. The van der Waals surface area contributed by atoms with Gasteiger partial charge in [-0.3, -0.25) is 9.59 Å². The molecule has 1 aromatic rings. The van der Waals surface area contributed by atoms with Crippen LogP contribution in [0.4, 0.5) is 15.8 Å². The van der Waals surface area contributed by atoms with Crippen LogP contribution in [0.5, 0.6) is 0 Å². The molecule has 0 unspecified atom stereocenters. The van der Waals surface area contributed by atoms with Gasteiger partial charge in [0.25, 0.3) is 11.8 Å². The number of amides is 2. The zero-order valence-electron chi connectivity index (χ0n) is 12.9. The van der Waals surface area contributed by atoms with E-state index >= 15 is 0 Å². The van der Waals surface area contributed by atoms with Crippen LogP contribution in [0, 0.1) is 5.82 Å². The number of fused-ring (bicyclic) bond motifs is 1. The van der Waals surface area contributed by atoms with Gasteiger partial charge in [0.15, 0.2) is 0 Å². The molecule has 6 heteroatoms. The van der Waals surface area contributed by atoms with Crippen LogP contribution in [0.1, 0.15) is 38.2 Å². The smallest absolute Gasteiger partial charge is 0.261 e. The molecule has 4 nitrogen and oxygen atoms in total. The lowest BCUT2D eigenvalue weighted by atomic mass is 9.93. The van der Waals surface area contributed by atoms with Crippen molar-refractivity contribution in [3.05, 3.63) is 34.7 Å². The minimum absolute atomic E-state index is 0.162. The summed E-state index contributed by atoms with van der Waals surface area (Å²) in [6.07, 6.45) is 3.09. The summed E-state index contributed by atoms with van der Waals surface area (Å²) in [5, 5.41) is 0. The number of carbonyl (C=O) groups is 2. The van der Waals surface area contributed by atoms with E-state index in [0.717, 1.165) is 35.5 Å². The predicted octanol–water partition coefficient (Wildman–Crippen LogP) is 3.56. The average molecular weight is 332 g/mol. The molecule has 1 aromatic carbocycles. The van der Waals surface area contributed by atoms with Gasteiger partial charge >= 0.3 is 0 Å². The van der Waals surface area contributed by atoms with Gasteiger partial charge in [0.05, 0.1) is 11.4 Å². The number of nitrogens with zero attached hydrogens (tertiary/aromatic N) is 2. The fourth-order valence-corrected chi connectivity index (χ4v) is 4.69. The quantitative estimate of drug-likeness (QED) is 0.613. The molecular weight excluding hydrogens is 315 g/mol. The Labute approximate surface area is 138 Å². The molecule has 23 heavy (non-hydrogen) atoms. The third-order valence-electron chi connectivity index (χ3n) is 4.74. The van der Waals surface area contributed by atoms with Crippen molar-refractivity contribution in [2.45, 2.75) is 38.4 Å². The zero-order valence-corrected chi connectivity index (χ0v) is 13.7. The number of imide groups is 1. The van der Waals surface area contributed by atoms with E-state index in [1.807, 2.05) is 6.92 Å². The van der Waals surface area contributed by atoms with Gasteiger partial charge in [-0.25, -0.2) is 9.29 Å². The second-order valence-electron chi connectivity index (χ2n) is 5.97. The van der Waals surface area contributed by atoms with Crippen LogP contribution in [0.3, 0.4) is 0 Å². The molecule has 0 spiro atoms. The lowest BCUT2D eigenvalue weighted by Crippen LogP contribution is -2.33. The van der Waals surface area contributed by atoms with Crippen LogP contribution >= 0.6 is 11.9 Å². The molecule has 120 valence electrons. The molecule has 0 aromatic heterocycles. The van der Waals surface area contributed by atoms with Crippen LogP contribution in [0.2, 0.25) is 0 Å². The Balaban J connectivity index is 1.82. The van der Waals surface area contributed by atoms with Gasteiger partial charge in [-0.2, -0.15) is 0 Å². The first-order valence-corrected chi connectivity index (χ1v) is 8.90. The van der Waals surface area contributed by atoms with Crippen LogP contribution in [0.25, 0.3) is 0 Å². The zero-order chi connectivity index (χ0) is 16.1. The molecule has 4 rings (SSSR count). The highest BCUT2D eigenvalue weighted by atomic mass is 32.2. The first-order valence-electron chi connectivity index (χ1n) is 7.96. The highest BCUT2D eigenvalue weighted by molar-refractivity contribution is 8.00. The van der Waals surface area contributed by atoms with E-state index in [-0.39, 0.29) is 17.5 Å². The molecule has 0 atom stereocenters. The average Bonchev–Trinajstić information content (AvgIpc) is 3.09. The van der Waals surface area contributed by atoms with Gasteiger partial charge in [-0.05, 0) is 56.7 Å². The Morgan fingerprint density at radius 3 is 2.39 bits per heavy atom. The van der Waals surface area contributed by atoms with Crippen molar-refractivity contribution in [3.63, 3.8) is 0 Å². The first-order chi connectivity index (χ1) is 11.1. The number of rotatable bonds is 2. The summed E-state index contributed by atoms with van der Waals surface area (Å²) < 4.78 is 16.6. The van der Waals surface area contributed by atoms with E-state index in [2.05, 4.69) is 4.31 Å². The maximum atomic E-state index is 14.6. The molecule has 0 fully saturated rings. The van der Waals surface area contributed by atoms with E-state index in [4.69, 9.17) is 0 Å². The van der Waals surface area contributed by atoms with Crippen molar-refractivity contribution in [3.8, 4) is 0 Å². The van der Waals surface area contributed by atoms with Gasteiger partial charge in [0, 0.05) is 29.0 Å². The van der Waals surface area contributed by atoms with Crippen LogP contribution in [-0.4, -0.2) is 18.4 Å². The number of carbonyl (C=O) groups excluding carboxylic acids is 2. The minimum Gasteiger partial charge on any atom is -0.316 e. The summed E-state index contributed by atoms with van der Waals surface area (Å²) in [5.41, 5.74) is 3.00. The van der Waals surface area contributed by atoms with E-state index in [9.17, 15) is 14.0 Å². The second-order valence-corrected chi connectivity index (χ2v) is 6.96. The van der Waals surface area contributed by atoms with E-state index in [0.29, 0.717) is 29.7 Å². The molecule has 2 heterocycles. The molecule has 1 aliphatic carbocycles. The van der Waals surface area contributed by atoms with Crippen molar-refractivity contribution < 1.29 is 14.0 Å². The van der Waals surface area contributed by atoms with Crippen LogP contribution < -0.4 is 9.21 Å². The van der Waals surface area contributed by atoms with Crippen LogP contribution in [0.15, 0.2) is 23.3 Å². The third kappa shape index (κ3) is 2.04. The fourth-order valence-electron chi connectivity index (χ4n) is 3.63.